The fourth-order valence-electron chi connectivity index (χ4n) is 2.49. The van der Waals surface area contributed by atoms with Crippen LogP contribution in [0.3, 0.4) is 0 Å². The molecule has 2 rings (SSSR count). The number of piperidine rings is 1. The van der Waals surface area contributed by atoms with Crippen LogP contribution in [0.15, 0.2) is 29.4 Å². The Balaban J connectivity index is 1.64. The minimum Gasteiger partial charge on any atom is -0.497 e. The molecule has 1 fully saturated rings. The lowest BCUT2D eigenvalue weighted by molar-refractivity contribution is -0.0192. The maximum absolute atomic E-state index is 10.8. The number of amides is 1. The lowest BCUT2D eigenvalue weighted by Gasteiger charge is -2.29. The van der Waals surface area contributed by atoms with Gasteiger partial charge in [-0.1, -0.05) is 5.16 Å². The van der Waals surface area contributed by atoms with Gasteiger partial charge in [0, 0.05) is 13.1 Å². The van der Waals surface area contributed by atoms with E-state index in [4.69, 9.17) is 19.4 Å². The number of likely N-dealkylation sites (tertiary alicyclic amines) is 1. The molecule has 1 amide bonds. The Labute approximate surface area is 141 Å². The van der Waals surface area contributed by atoms with Gasteiger partial charge < -0.3 is 24.3 Å². The van der Waals surface area contributed by atoms with E-state index >= 15 is 0 Å². The first-order valence-corrected chi connectivity index (χ1v) is 8.00. The first-order valence-electron chi connectivity index (χ1n) is 8.00. The summed E-state index contributed by atoms with van der Waals surface area (Å²) in [6, 6.07) is 7.60. The predicted octanol–water partition coefficient (Wildman–Crippen LogP) is 2.59. The van der Waals surface area contributed by atoms with E-state index < -0.39 is 6.09 Å². The van der Waals surface area contributed by atoms with Crippen LogP contribution in [0.25, 0.3) is 0 Å². The monoisotopic (exact) mass is 336 g/mol. The van der Waals surface area contributed by atoms with E-state index in [1.165, 1.54) is 4.90 Å². The molecule has 1 aromatic rings. The van der Waals surface area contributed by atoms with Crippen molar-refractivity contribution in [3.8, 4) is 5.75 Å². The number of rotatable bonds is 7. The van der Waals surface area contributed by atoms with E-state index in [-0.39, 0.29) is 6.10 Å². The number of hydrogen-bond acceptors (Lipinski definition) is 5. The Hall–Kier alpha value is -2.28. The van der Waals surface area contributed by atoms with E-state index in [9.17, 15) is 4.79 Å². The highest BCUT2D eigenvalue weighted by Crippen LogP contribution is 2.14. The number of methoxy groups -OCH3 is 1. The SMILES string of the molecule is COc1ccc(/C(C)=N\OCCOC2CCN(C(=O)O)CC2)cc1. The molecule has 0 spiro atoms. The highest BCUT2D eigenvalue weighted by molar-refractivity contribution is 5.98. The average molecular weight is 336 g/mol. The molecule has 1 heterocycles. The molecule has 0 bridgehead atoms. The van der Waals surface area contributed by atoms with Crippen LogP contribution in [0.1, 0.15) is 25.3 Å². The molecule has 1 aliphatic heterocycles. The third-order valence-corrected chi connectivity index (χ3v) is 3.95. The van der Waals surface area contributed by atoms with Crippen molar-refractivity contribution >= 4 is 11.8 Å². The highest BCUT2D eigenvalue weighted by atomic mass is 16.6. The van der Waals surface area contributed by atoms with E-state index in [0.717, 1.165) is 29.9 Å². The number of oxime groups is 1. The van der Waals surface area contributed by atoms with Gasteiger partial charge in [-0.15, -0.1) is 0 Å². The van der Waals surface area contributed by atoms with Gasteiger partial charge in [-0.2, -0.15) is 0 Å². The average Bonchev–Trinajstić information content (AvgIpc) is 2.61. The van der Waals surface area contributed by atoms with Crippen molar-refractivity contribution in [1.82, 2.24) is 4.90 Å². The van der Waals surface area contributed by atoms with Gasteiger partial charge in [0.2, 0.25) is 0 Å². The molecule has 0 radical (unpaired) electrons. The Morgan fingerprint density at radius 2 is 1.92 bits per heavy atom. The Kier molecular flexibility index (Phi) is 6.87. The molecule has 24 heavy (non-hydrogen) atoms. The fraction of sp³-hybridized carbons (Fsp3) is 0.529. The Bertz CT molecular complexity index is 551. The molecule has 1 aliphatic rings. The van der Waals surface area contributed by atoms with Gasteiger partial charge in [0.05, 0.1) is 25.5 Å². The number of ether oxygens (including phenoxy) is 2. The molecule has 7 nitrogen and oxygen atoms in total. The van der Waals surface area contributed by atoms with Gasteiger partial charge in [-0.3, -0.25) is 0 Å². The second kappa shape index (κ2) is 9.12. The normalized spacial score (nSPS) is 16.1. The molecule has 1 N–H and O–H groups in total. The first kappa shape index (κ1) is 18.1. The largest absolute Gasteiger partial charge is 0.497 e. The highest BCUT2D eigenvalue weighted by Gasteiger charge is 2.22. The quantitative estimate of drug-likeness (QED) is 0.470. The van der Waals surface area contributed by atoms with Crippen LogP contribution in [0.4, 0.5) is 4.79 Å². The van der Waals surface area contributed by atoms with Gasteiger partial charge in [0.1, 0.15) is 12.4 Å². The number of carbonyl (C=O) groups is 1. The molecule has 1 saturated heterocycles. The van der Waals surface area contributed by atoms with E-state index in [1.807, 2.05) is 31.2 Å². The van der Waals surface area contributed by atoms with Crippen LogP contribution < -0.4 is 4.74 Å². The summed E-state index contributed by atoms with van der Waals surface area (Å²) in [7, 11) is 1.63. The van der Waals surface area contributed by atoms with Crippen LogP contribution in [-0.4, -0.2) is 61.3 Å². The lowest BCUT2D eigenvalue weighted by atomic mass is 10.1. The van der Waals surface area contributed by atoms with Gasteiger partial charge in [0.15, 0.2) is 0 Å². The maximum atomic E-state index is 10.8. The first-order chi connectivity index (χ1) is 11.6. The molecule has 0 aliphatic carbocycles. The molecule has 132 valence electrons. The Morgan fingerprint density at radius 3 is 2.50 bits per heavy atom. The summed E-state index contributed by atoms with van der Waals surface area (Å²) in [6.07, 6.45) is 0.678. The number of nitrogens with zero attached hydrogens (tertiary/aromatic N) is 2. The van der Waals surface area contributed by atoms with Crippen LogP contribution in [-0.2, 0) is 9.57 Å². The van der Waals surface area contributed by atoms with Crippen molar-refractivity contribution in [3.63, 3.8) is 0 Å². The lowest BCUT2D eigenvalue weighted by Crippen LogP contribution is -2.40. The van der Waals surface area contributed by atoms with Gasteiger partial charge >= 0.3 is 6.09 Å². The van der Waals surface area contributed by atoms with Crippen molar-refractivity contribution in [2.45, 2.75) is 25.9 Å². The second-order valence-electron chi connectivity index (χ2n) is 5.58. The molecule has 7 heteroatoms. The van der Waals surface area contributed by atoms with Crippen LogP contribution in [0, 0.1) is 0 Å². The summed E-state index contributed by atoms with van der Waals surface area (Å²) < 4.78 is 10.8. The van der Waals surface area contributed by atoms with E-state index in [2.05, 4.69) is 5.16 Å². The minimum atomic E-state index is -0.861. The summed E-state index contributed by atoms with van der Waals surface area (Å²) >= 11 is 0. The molecule has 1 aromatic carbocycles. The summed E-state index contributed by atoms with van der Waals surface area (Å²) in [5.41, 5.74) is 1.75. The second-order valence-corrected chi connectivity index (χ2v) is 5.58. The molecule has 0 unspecified atom stereocenters. The van der Waals surface area contributed by atoms with Crippen molar-refractivity contribution in [2.24, 2.45) is 5.16 Å². The Morgan fingerprint density at radius 1 is 1.25 bits per heavy atom. The van der Waals surface area contributed by atoms with Crippen molar-refractivity contribution in [1.29, 1.82) is 0 Å². The molecule has 0 saturated carbocycles. The van der Waals surface area contributed by atoms with Crippen molar-refractivity contribution in [2.75, 3.05) is 33.4 Å². The number of carboxylic acid groups (broad SMARTS) is 1. The molecular formula is C17H24N2O5. The van der Waals surface area contributed by atoms with Gasteiger partial charge in [-0.25, -0.2) is 4.79 Å². The zero-order valence-corrected chi connectivity index (χ0v) is 14.1. The smallest absolute Gasteiger partial charge is 0.407 e. The number of hydrogen-bond donors (Lipinski definition) is 1. The summed E-state index contributed by atoms with van der Waals surface area (Å²) in [5.74, 6) is 0.801. The maximum Gasteiger partial charge on any atom is 0.407 e. The predicted molar refractivity (Wildman–Crippen MR) is 89.7 cm³/mol. The minimum absolute atomic E-state index is 0.0934. The summed E-state index contributed by atoms with van der Waals surface area (Å²) in [5, 5.41) is 13.0. The standard InChI is InChI=1S/C17H24N2O5/c1-13(14-3-5-15(22-2)6-4-14)18-24-12-11-23-16-7-9-19(10-8-16)17(20)21/h3-6,16H,7-12H2,1-2H3,(H,20,21)/b18-13-. The van der Waals surface area contributed by atoms with E-state index in [1.54, 1.807) is 7.11 Å². The molecule has 0 aromatic heterocycles. The summed E-state index contributed by atoms with van der Waals surface area (Å²) in [4.78, 5) is 17.5. The third kappa shape index (κ3) is 5.42. The van der Waals surface area contributed by atoms with Crippen LogP contribution in [0.5, 0.6) is 5.75 Å². The van der Waals surface area contributed by atoms with Crippen molar-refractivity contribution < 1.29 is 24.2 Å². The van der Waals surface area contributed by atoms with Crippen LogP contribution >= 0.6 is 0 Å². The number of benzene rings is 1. The van der Waals surface area contributed by atoms with E-state index in [0.29, 0.717) is 26.3 Å². The third-order valence-electron chi connectivity index (χ3n) is 3.95. The van der Waals surface area contributed by atoms with Gasteiger partial charge in [0.25, 0.3) is 0 Å². The summed E-state index contributed by atoms with van der Waals surface area (Å²) in [6.45, 7) is 3.74. The zero-order chi connectivity index (χ0) is 17.4. The zero-order valence-electron chi connectivity index (χ0n) is 14.1. The van der Waals surface area contributed by atoms with Gasteiger partial charge in [-0.05, 0) is 49.6 Å². The fourth-order valence-corrected chi connectivity index (χ4v) is 2.49. The molecule has 0 atom stereocenters. The van der Waals surface area contributed by atoms with Crippen LogP contribution in [0.2, 0.25) is 0 Å². The topological polar surface area (TPSA) is 80.6 Å². The molecular weight excluding hydrogens is 312 g/mol. The van der Waals surface area contributed by atoms with Crippen molar-refractivity contribution in [3.05, 3.63) is 29.8 Å².